The molecule has 1 heteroatoms. The zero-order valence-corrected chi connectivity index (χ0v) is 12.2. The summed E-state index contributed by atoms with van der Waals surface area (Å²) in [6.07, 6.45) is 8.90. The molecule has 0 aromatic rings. The normalized spacial score (nSPS) is 13.5. The van der Waals surface area contributed by atoms with Gasteiger partial charge in [0.15, 0.2) is 0 Å². The SMILES string of the molecule is C=C/C=C(\C=C/C)C(=C)C(=C(C)C)C(O)CCC. The lowest BCUT2D eigenvalue weighted by Gasteiger charge is -2.19. The largest absolute Gasteiger partial charge is 0.388 e. The maximum atomic E-state index is 10.2. The molecule has 0 spiro atoms. The quantitative estimate of drug-likeness (QED) is 0.644. The number of aliphatic hydroxyl groups excluding tert-OH is 1. The highest BCUT2D eigenvalue weighted by molar-refractivity contribution is 5.53. The Morgan fingerprint density at radius 3 is 2.33 bits per heavy atom. The molecule has 0 amide bonds. The van der Waals surface area contributed by atoms with Crippen LogP contribution in [-0.4, -0.2) is 11.2 Å². The van der Waals surface area contributed by atoms with Crippen molar-refractivity contribution < 1.29 is 5.11 Å². The third-order valence-corrected chi connectivity index (χ3v) is 2.75. The molecule has 0 saturated heterocycles. The van der Waals surface area contributed by atoms with Crippen LogP contribution in [0, 0.1) is 0 Å². The van der Waals surface area contributed by atoms with Crippen LogP contribution in [0.25, 0.3) is 0 Å². The van der Waals surface area contributed by atoms with Crippen LogP contribution in [0.4, 0.5) is 0 Å². The van der Waals surface area contributed by atoms with Gasteiger partial charge in [0.1, 0.15) is 0 Å². The fourth-order valence-corrected chi connectivity index (χ4v) is 1.97. The molecule has 0 aromatic heterocycles. The lowest BCUT2D eigenvalue weighted by molar-refractivity contribution is 0.201. The summed E-state index contributed by atoms with van der Waals surface area (Å²) >= 11 is 0. The fourth-order valence-electron chi connectivity index (χ4n) is 1.97. The van der Waals surface area contributed by atoms with Crippen molar-refractivity contribution in [3.8, 4) is 0 Å². The summed E-state index contributed by atoms with van der Waals surface area (Å²) < 4.78 is 0. The molecule has 0 radical (unpaired) electrons. The van der Waals surface area contributed by atoms with Gasteiger partial charge in [0.25, 0.3) is 0 Å². The van der Waals surface area contributed by atoms with E-state index in [0.29, 0.717) is 0 Å². The van der Waals surface area contributed by atoms with Crippen LogP contribution in [0.15, 0.2) is 59.8 Å². The number of hydrogen-bond acceptors (Lipinski definition) is 1. The molecule has 0 rings (SSSR count). The van der Waals surface area contributed by atoms with Gasteiger partial charge in [-0.2, -0.15) is 0 Å². The van der Waals surface area contributed by atoms with Gasteiger partial charge < -0.3 is 5.11 Å². The Morgan fingerprint density at radius 1 is 1.33 bits per heavy atom. The molecule has 0 aliphatic heterocycles. The second-order valence-corrected chi connectivity index (χ2v) is 4.55. The van der Waals surface area contributed by atoms with Crippen molar-refractivity contribution in [1.29, 1.82) is 0 Å². The van der Waals surface area contributed by atoms with Gasteiger partial charge in [-0.3, -0.25) is 0 Å². The topological polar surface area (TPSA) is 20.2 Å². The van der Waals surface area contributed by atoms with E-state index in [0.717, 1.165) is 35.1 Å². The summed E-state index contributed by atoms with van der Waals surface area (Å²) in [6.45, 7) is 15.9. The minimum atomic E-state index is -0.439. The lowest BCUT2D eigenvalue weighted by atomic mass is 9.89. The fraction of sp³-hybridized carbons (Fsp3) is 0.412. The molecule has 0 aliphatic carbocycles. The number of allylic oxidation sites excluding steroid dienone is 6. The second-order valence-electron chi connectivity index (χ2n) is 4.55. The summed E-state index contributed by atoms with van der Waals surface area (Å²) in [4.78, 5) is 0. The van der Waals surface area contributed by atoms with Crippen LogP contribution in [0.2, 0.25) is 0 Å². The maximum Gasteiger partial charge on any atom is 0.0795 e. The summed E-state index contributed by atoms with van der Waals surface area (Å²) in [7, 11) is 0. The molecular formula is C17H26O. The molecule has 1 nitrogen and oxygen atoms in total. The Morgan fingerprint density at radius 2 is 1.94 bits per heavy atom. The highest BCUT2D eigenvalue weighted by atomic mass is 16.3. The summed E-state index contributed by atoms with van der Waals surface area (Å²) in [5, 5.41) is 10.2. The smallest absolute Gasteiger partial charge is 0.0795 e. The molecule has 0 heterocycles. The second kappa shape index (κ2) is 8.71. The van der Waals surface area contributed by atoms with E-state index >= 15 is 0 Å². The molecule has 0 bridgehead atoms. The van der Waals surface area contributed by atoms with E-state index in [1.165, 1.54) is 0 Å². The van der Waals surface area contributed by atoms with Gasteiger partial charge in [0, 0.05) is 0 Å². The summed E-state index contributed by atoms with van der Waals surface area (Å²) in [5.41, 5.74) is 3.94. The Labute approximate surface area is 112 Å². The first-order chi connectivity index (χ1) is 8.49. The first kappa shape index (κ1) is 16.7. The van der Waals surface area contributed by atoms with Crippen molar-refractivity contribution >= 4 is 0 Å². The zero-order valence-electron chi connectivity index (χ0n) is 12.2. The minimum Gasteiger partial charge on any atom is -0.388 e. The lowest BCUT2D eigenvalue weighted by Crippen LogP contribution is -2.13. The van der Waals surface area contributed by atoms with Gasteiger partial charge in [-0.1, -0.05) is 56.4 Å². The van der Waals surface area contributed by atoms with E-state index in [1.54, 1.807) is 6.08 Å². The van der Waals surface area contributed by atoms with Crippen LogP contribution < -0.4 is 0 Å². The number of rotatable bonds is 7. The van der Waals surface area contributed by atoms with Gasteiger partial charge in [0.2, 0.25) is 0 Å². The Kier molecular flexibility index (Phi) is 8.06. The maximum absolute atomic E-state index is 10.2. The van der Waals surface area contributed by atoms with Gasteiger partial charge in [-0.15, -0.1) is 0 Å². The van der Waals surface area contributed by atoms with Crippen LogP contribution in [0.3, 0.4) is 0 Å². The Balaban J connectivity index is 5.40. The van der Waals surface area contributed by atoms with Crippen molar-refractivity contribution in [3.63, 3.8) is 0 Å². The van der Waals surface area contributed by atoms with Crippen molar-refractivity contribution in [2.75, 3.05) is 0 Å². The van der Waals surface area contributed by atoms with Crippen molar-refractivity contribution in [2.45, 2.75) is 46.6 Å². The molecule has 1 N–H and O–H groups in total. The van der Waals surface area contributed by atoms with Crippen LogP contribution in [-0.2, 0) is 0 Å². The third-order valence-electron chi connectivity index (χ3n) is 2.75. The molecule has 18 heavy (non-hydrogen) atoms. The van der Waals surface area contributed by atoms with Crippen molar-refractivity contribution in [1.82, 2.24) is 0 Å². The van der Waals surface area contributed by atoms with Gasteiger partial charge in [-0.25, -0.2) is 0 Å². The third kappa shape index (κ3) is 4.89. The number of hydrogen-bond donors (Lipinski definition) is 1. The minimum absolute atomic E-state index is 0.439. The molecular weight excluding hydrogens is 220 g/mol. The predicted octanol–water partition coefficient (Wildman–Crippen LogP) is 4.73. The first-order valence-corrected chi connectivity index (χ1v) is 6.50. The van der Waals surface area contributed by atoms with E-state index in [1.807, 2.05) is 39.0 Å². The highest BCUT2D eigenvalue weighted by Gasteiger charge is 2.16. The van der Waals surface area contributed by atoms with Crippen molar-refractivity contribution in [3.05, 3.63) is 59.8 Å². The predicted molar refractivity (Wildman–Crippen MR) is 81.5 cm³/mol. The van der Waals surface area contributed by atoms with Gasteiger partial charge in [-0.05, 0) is 43.9 Å². The monoisotopic (exact) mass is 246 g/mol. The average Bonchev–Trinajstić information content (AvgIpc) is 2.28. The van der Waals surface area contributed by atoms with Crippen LogP contribution in [0.1, 0.15) is 40.5 Å². The molecule has 1 atom stereocenters. The molecule has 1 unspecified atom stereocenters. The first-order valence-electron chi connectivity index (χ1n) is 6.50. The number of aliphatic hydroxyl groups is 1. The van der Waals surface area contributed by atoms with E-state index in [9.17, 15) is 5.11 Å². The Bertz CT molecular complexity index is 376. The van der Waals surface area contributed by atoms with Crippen LogP contribution in [0.5, 0.6) is 0 Å². The van der Waals surface area contributed by atoms with Gasteiger partial charge in [0.05, 0.1) is 6.10 Å². The standard InChI is InChI=1S/C17H26O/c1-7-10-15(11-8-2)14(6)17(13(4)5)16(18)12-9-3/h7-8,10-11,16,18H,1,6,9,12H2,2-5H3/b11-8-,15-10+. The molecule has 0 fully saturated rings. The molecule has 0 saturated carbocycles. The summed E-state index contributed by atoms with van der Waals surface area (Å²) in [6, 6.07) is 0. The Hall–Kier alpha value is -1.34. The van der Waals surface area contributed by atoms with E-state index < -0.39 is 6.10 Å². The molecule has 100 valence electrons. The van der Waals surface area contributed by atoms with Gasteiger partial charge >= 0.3 is 0 Å². The van der Waals surface area contributed by atoms with Crippen LogP contribution >= 0.6 is 0 Å². The van der Waals surface area contributed by atoms with Crippen molar-refractivity contribution in [2.24, 2.45) is 0 Å². The van der Waals surface area contributed by atoms with E-state index in [2.05, 4.69) is 20.1 Å². The van der Waals surface area contributed by atoms with E-state index in [-0.39, 0.29) is 0 Å². The molecule has 0 aliphatic rings. The zero-order chi connectivity index (χ0) is 14.1. The highest BCUT2D eigenvalue weighted by Crippen LogP contribution is 2.27. The van der Waals surface area contributed by atoms with E-state index in [4.69, 9.17) is 0 Å². The molecule has 0 aromatic carbocycles. The average molecular weight is 246 g/mol. The summed E-state index contributed by atoms with van der Waals surface area (Å²) in [5.74, 6) is 0.